The molecule has 2 N–H and O–H groups in total. The zero-order chi connectivity index (χ0) is 14.4. The molecular weight excluding hydrogens is 244 g/mol. The van der Waals surface area contributed by atoms with Gasteiger partial charge in [0.1, 0.15) is 0 Å². The van der Waals surface area contributed by atoms with Crippen LogP contribution in [0, 0.1) is 5.92 Å². The second-order valence-electron chi connectivity index (χ2n) is 5.29. The van der Waals surface area contributed by atoms with Crippen LogP contribution in [0.3, 0.4) is 0 Å². The molecule has 0 fully saturated rings. The van der Waals surface area contributed by atoms with Crippen molar-refractivity contribution in [2.24, 2.45) is 5.92 Å². The van der Waals surface area contributed by atoms with Crippen molar-refractivity contribution in [2.75, 3.05) is 18.5 Å². The van der Waals surface area contributed by atoms with Crippen molar-refractivity contribution in [3.05, 3.63) is 12.4 Å². The molecule has 0 saturated heterocycles. The van der Waals surface area contributed by atoms with Gasteiger partial charge in [-0.3, -0.25) is 4.68 Å². The SMILES string of the molecule is CC(C)Cn1cc(NC(=O)N(CCO)C(C)C)cn1. The van der Waals surface area contributed by atoms with E-state index in [2.05, 4.69) is 24.3 Å². The summed E-state index contributed by atoms with van der Waals surface area (Å²) in [6, 6.07) is -0.175. The van der Waals surface area contributed by atoms with Gasteiger partial charge < -0.3 is 15.3 Å². The van der Waals surface area contributed by atoms with Gasteiger partial charge >= 0.3 is 6.03 Å². The lowest BCUT2D eigenvalue weighted by atomic mass is 10.2. The van der Waals surface area contributed by atoms with Gasteiger partial charge in [-0.1, -0.05) is 13.8 Å². The fraction of sp³-hybridized carbons (Fsp3) is 0.692. The number of carbonyl (C=O) groups is 1. The fourth-order valence-electron chi connectivity index (χ4n) is 1.80. The Hall–Kier alpha value is -1.56. The van der Waals surface area contributed by atoms with Crippen LogP contribution in [0.25, 0.3) is 0 Å². The molecule has 0 atom stereocenters. The lowest BCUT2D eigenvalue weighted by Crippen LogP contribution is -2.41. The van der Waals surface area contributed by atoms with Crippen LogP contribution >= 0.6 is 0 Å². The minimum absolute atomic E-state index is 0.0397. The number of aliphatic hydroxyl groups excluding tert-OH is 1. The molecule has 2 amide bonds. The molecule has 0 aliphatic rings. The Balaban J connectivity index is 2.62. The number of aromatic nitrogens is 2. The minimum atomic E-state index is -0.215. The second kappa shape index (κ2) is 7.13. The molecule has 0 aliphatic heterocycles. The average Bonchev–Trinajstić information content (AvgIpc) is 2.71. The Bertz CT molecular complexity index is 401. The molecule has 19 heavy (non-hydrogen) atoms. The number of urea groups is 1. The summed E-state index contributed by atoms with van der Waals surface area (Å²) in [6.45, 7) is 9.15. The predicted molar refractivity (Wildman–Crippen MR) is 75.0 cm³/mol. The van der Waals surface area contributed by atoms with Gasteiger partial charge in [-0.2, -0.15) is 5.10 Å². The van der Waals surface area contributed by atoms with Crippen molar-refractivity contribution in [3.63, 3.8) is 0 Å². The molecule has 1 aromatic heterocycles. The van der Waals surface area contributed by atoms with Crippen LogP contribution in [0.1, 0.15) is 27.7 Å². The monoisotopic (exact) mass is 268 g/mol. The van der Waals surface area contributed by atoms with Gasteiger partial charge in [-0.25, -0.2) is 4.79 Å². The summed E-state index contributed by atoms with van der Waals surface area (Å²) < 4.78 is 1.81. The van der Waals surface area contributed by atoms with Crippen LogP contribution in [-0.4, -0.2) is 45.0 Å². The number of amides is 2. The first kappa shape index (κ1) is 15.5. The van der Waals surface area contributed by atoms with E-state index in [1.165, 1.54) is 0 Å². The first-order chi connectivity index (χ1) is 8.93. The Morgan fingerprint density at radius 1 is 1.47 bits per heavy atom. The third-order valence-electron chi connectivity index (χ3n) is 2.66. The van der Waals surface area contributed by atoms with Gasteiger partial charge in [0, 0.05) is 25.3 Å². The summed E-state index contributed by atoms with van der Waals surface area (Å²) in [5.74, 6) is 0.505. The van der Waals surface area contributed by atoms with E-state index >= 15 is 0 Å². The summed E-state index contributed by atoms with van der Waals surface area (Å²) in [4.78, 5) is 13.6. The number of nitrogens with one attached hydrogen (secondary N) is 1. The average molecular weight is 268 g/mol. The number of nitrogens with zero attached hydrogens (tertiary/aromatic N) is 3. The highest BCUT2D eigenvalue weighted by Crippen LogP contribution is 2.09. The third kappa shape index (κ3) is 4.90. The largest absolute Gasteiger partial charge is 0.395 e. The van der Waals surface area contributed by atoms with E-state index in [1.807, 2.05) is 24.7 Å². The molecule has 108 valence electrons. The summed E-state index contributed by atoms with van der Waals surface area (Å²) in [6.07, 6.45) is 3.45. The van der Waals surface area contributed by atoms with Crippen molar-refractivity contribution in [2.45, 2.75) is 40.3 Å². The molecular formula is C13H24N4O2. The number of hydrogen-bond donors (Lipinski definition) is 2. The molecule has 6 nitrogen and oxygen atoms in total. The van der Waals surface area contributed by atoms with Gasteiger partial charge in [0.05, 0.1) is 18.5 Å². The van der Waals surface area contributed by atoms with E-state index in [-0.39, 0.29) is 18.7 Å². The number of hydrogen-bond acceptors (Lipinski definition) is 3. The smallest absolute Gasteiger partial charge is 0.322 e. The standard InChI is InChI=1S/C13H24N4O2/c1-10(2)8-16-9-12(7-14-16)15-13(19)17(5-6-18)11(3)4/h7,9-11,18H,5-6,8H2,1-4H3,(H,15,19). The maximum absolute atomic E-state index is 12.0. The molecule has 0 aromatic carbocycles. The van der Waals surface area contributed by atoms with Gasteiger partial charge in [0.15, 0.2) is 0 Å². The molecule has 0 bridgehead atoms. The van der Waals surface area contributed by atoms with Gasteiger partial charge in [-0.15, -0.1) is 0 Å². The van der Waals surface area contributed by atoms with Crippen LogP contribution in [-0.2, 0) is 6.54 Å². The highest BCUT2D eigenvalue weighted by molar-refractivity contribution is 5.89. The summed E-state index contributed by atoms with van der Waals surface area (Å²) in [5.41, 5.74) is 0.675. The zero-order valence-corrected chi connectivity index (χ0v) is 12.1. The van der Waals surface area contributed by atoms with Gasteiger partial charge in [0.2, 0.25) is 0 Å². The summed E-state index contributed by atoms with van der Waals surface area (Å²) in [7, 11) is 0. The maximum Gasteiger partial charge on any atom is 0.322 e. The van der Waals surface area contributed by atoms with Crippen LogP contribution in [0.2, 0.25) is 0 Å². The van der Waals surface area contributed by atoms with E-state index in [0.29, 0.717) is 18.2 Å². The van der Waals surface area contributed by atoms with Crippen LogP contribution < -0.4 is 5.32 Å². The van der Waals surface area contributed by atoms with Crippen molar-refractivity contribution in [1.29, 1.82) is 0 Å². The Kier molecular flexibility index (Phi) is 5.82. The number of rotatable bonds is 6. The van der Waals surface area contributed by atoms with Gasteiger partial charge in [-0.05, 0) is 19.8 Å². The van der Waals surface area contributed by atoms with Crippen molar-refractivity contribution < 1.29 is 9.90 Å². The highest BCUT2D eigenvalue weighted by atomic mass is 16.3. The fourth-order valence-corrected chi connectivity index (χ4v) is 1.80. The molecule has 0 aliphatic carbocycles. The van der Waals surface area contributed by atoms with Crippen molar-refractivity contribution in [3.8, 4) is 0 Å². The lowest BCUT2D eigenvalue weighted by molar-refractivity contribution is 0.172. The normalized spacial score (nSPS) is 11.1. The second-order valence-corrected chi connectivity index (χ2v) is 5.29. The zero-order valence-electron chi connectivity index (χ0n) is 12.1. The Labute approximate surface area is 114 Å². The molecule has 1 heterocycles. The molecule has 0 unspecified atom stereocenters. The number of anilines is 1. The topological polar surface area (TPSA) is 70.4 Å². The molecule has 0 saturated carbocycles. The van der Waals surface area contributed by atoms with Gasteiger partial charge in [0.25, 0.3) is 0 Å². The number of carbonyl (C=O) groups excluding carboxylic acids is 1. The summed E-state index contributed by atoms with van der Waals surface area (Å²) in [5, 5.41) is 16.0. The van der Waals surface area contributed by atoms with Crippen LogP contribution in [0.4, 0.5) is 10.5 Å². The van der Waals surface area contributed by atoms with Crippen molar-refractivity contribution in [1.82, 2.24) is 14.7 Å². The van der Waals surface area contributed by atoms with Crippen LogP contribution in [0.15, 0.2) is 12.4 Å². The maximum atomic E-state index is 12.0. The molecule has 1 rings (SSSR count). The first-order valence-corrected chi connectivity index (χ1v) is 6.65. The highest BCUT2D eigenvalue weighted by Gasteiger charge is 2.16. The van der Waals surface area contributed by atoms with Crippen LogP contribution in [0.5, 0.6) is 0 Å². The Morgan fingerprint density at radius 3 is 2.68 bits per heavy atom. The molecule has 6 heteroatoms. The molecule has 0 radical (unpaired) electrons. The van der Waals surface area contributed by atoms with E-state index < -0.39 is 0 Å². The predicted octanol–water partition coefficient (Wildman–Crippen LogP) is 1.77. The lowest BCUT2D eigenvalue weighted by Gasteiger charge is -2.25. The minimum Gasteiger partial charge on any atom is -0.395 e. The quantitative estimate of drug-likeness (QED) is 0.826. The van der Waals surface area contributed by atoms with E-state index in [1.54, 1.807) is 11.1 Å². The molecule has 0 spiro atoms. The molecule has 1 aromatic rings. The van der Waals surface area contributed by atoms with Crippen molar-refractivity contribution >= 4 is 11.7 Å². The third-order valence-corrected chi connectivity index (χ3v) is 2.66. The number of aliphatic hydroxyl groups is 1. The van der Waals surface area contributed by atoms with E-state index in [9.17, 15) is 4.79 Å². The first-order valence-electron chi connectivity index (χ1n) is 6.65. The Morgan fingerprint density at radius 2 is 2.16 bits per heavy atom. The summed E-state index contributed by atoms with van der Waals surface area (Å²) >= 11 is 0. The van der Waals surface area contributed by atoms with E-state index in [4.69, 9.17) is 5.11 Å². The van der Waals surface area contributed by atoms with E-state index in [0.717, 1.165) is 6.54 Å².